The summed E-state index contributed by atoms with van der Waals surface area (Å²) in [5.41, 5.74) is 4.59. The van der Waals surface area contributed by atoms with Crippen molar-refractivity contribution in [2.24, 2.45) is 11.7 Å². The Balaban J connectivity index is 2.24. The molecule has 1 atom stereocenters. The fraction of sp³-hybridized carbons (Fsp3) is 0.909. The van der Waals surface area contributed by atoms with Crippen LogP contribution in [0.4, 0.5) is 4.79 Å². The minimum Gasteiger partial charge on any atom is -0.444 e. The van der Waals surface area contributed by atoms with Crippen LogP contribution in [-0.4, -0.2) is 24.8 Å². The van der Waals surface area contributed by atoms with Gasteiger partial charge in [0.25, 0.3) is 0 Å². The number of hydrogen-bond acceptors (Lipinski definition) is 3. The van der Waals surface area contributed by atoms with Gasteiger partial charge in [0, 0.05) is 0 Å². The summed E-state index contributed by atoms with van der Waals surface area (Å²) >= 11 is 0. The molecule has 0 aromatic rings. The smallest absolute Gasteiger partial charge is 0.405 e. The highest BCUT2D eigenvalue weighted by molar-refractivity contribution is 5.65. The van der Waals surface area contributed by atoms with Gasteiger partial charge in [-0.05, 0) is 58.5 Å². The van der Waals surface area contributed by atoms with Crippen molar-refractivity contribution in [3.05, 3.63) is 0 Å². The monoisotopic (exact) mass is 214 g/mol. The minimum absolute atomic E-state index is 0.427. The number of primary amides is 1. The zero-order valence-electron chi connectivity index (χ0n) is 9.71. The van der Waals surface area contributed by atoms with Crippen molar-refractivity contribution in [1.82, 2.24) is 5.32 Å². The number of nitrogens with one attached hydrogen (secondary N) is 1. The summed E-state index contributed by atoms with van der Waals surface area (Å²) in [5.74, 6) is 0.717. The van der Waals surface area contributed by atoms with Crippen LogP contribution < -0.4 is 11.1 Å². The Bertz CT molecular complexity index is 211. The molecular formula is C11H22N2O2. The average molecular weight is 214 g/mol. The molecule has 88 valence electrons. The van der Waals surface area contributed by atoms with Gasteiger partial charge in [0.1, 0.15) is 5.60 Å². The maximum Gasteiger partial charge on any atom is 0.405 e. The van der Waals surface area contributed by atoms with Gasteiger partial charge in [-0.15, -0.1) is 0 Å². The molecule has 0 aliphatic carbocycles. The van der Waals surface area contributed by atoms with E-state index in [0.29, 0.717) is 0 Å². The number of carbonyl (C=O) groups excluding carboxylic acids is 1. The van der Waals surface area contributed by atoms with Crippen molar-refractivity contribution in [2.75, 3.05) is 13.1 Å². The van der Waals surface area contributed by atoms with Crippen LogP contribution in [0, 0.1) is 5.92 Å². The molecule has 0 bridgehead atoms. The number of nitrogens with two attached hydrogens (primary N) is 1. The van der Waals surface area contributed by atoms with E-state index >= 15 is 0 Å². The van der Waals surface area contributed by atoms with Crippen LogP contribution >= 0.6 is 0 Å². The summed E-state index contributed by atoms with van der Waals surface area (Å²) in [6.07, 6.45) is 3.82. The minimum atomic E-state index is -0.679. The van der Waals surface area contributed by atoms with Crippen LogP contribution in [0.3, 0.4) is 0 Å². The molecule has 3 N–H and O–H groups in total. The SMILES string of the molecule is CC(C)(CCC1CCCNC1)OC(N)=O. The molecule has 0 aromatic carbocycles. The standard InChI is InChI=1S/C11H22N2O2/c1-11(2,15-10(12)14)6-5-9-4-3-7-13-8-9/h9,13H,3-8H2,1-2H3,(H2,12,14). The second kappa shape index (κ2) is 5.35. The predicted octanol–water partition coefficient (Wildman–Crippen LogP) is 1.64. The van der Waals surface area contributed by atoms with Gasteiger partial charge >= 0.3 is 6.09 Å². The van der Waals surface area contributed by atoms with E-state index in [2.05, 4.69) is 5.32 Å². The Hall–Kier alpha value is -0.770. The van der Waals surface area contributed by atoms with Crippen molar-refractivity contribution < 1.29 is 9.53 Å². The Morgan fingerprint density at radius 3 is 2.87 bits per heavy atom. The van der Waals surface area contributed by atoms with Gasteiger partial charge in [-0.1, -0.05) is 0 Å². The quantitative estimate of drug-likeness (QED) is 0.747. The van der Waals surface area contributed by atoms with Crippen molar-refractivity contribution in [2.45, 2.75) is 45.1 Å². The van der Waals surface area contributed by atoms with Gasteiger partial charge in [-0.25, -0.2) is 4.79 Å². The molecule has 4 heteroatoms. The first-order valence-corrected chi connectivity index (χ1v) is 5.69. The molecular weight excluding hydrogens is 192 g/mol. The lowest BCUT2D eigenvalue weighted by atomic mass is 9.90. The lowest BCUT2D eigenvalue weighted by molar-refractivity contribution is 0.0334. The molecule has 1 saturated heterocycles. The van der Waals surface area contributed by atoms with Crippen molar-refractivity contribution in [3.8, 4) is 0 Å². The fourth-order valence-corrected chi connectivity index (χ4v) is 2.05. The number of ether oxygens (including phenoxy) is 1. The number of rotatable bonds is 4. The van der Waals surface area contributed by atoms with Gasteiger partial charge in [-0.3, -0.25) is 0 Å². The fourth-order valence-electron chi connectivity index (χ4n) is 2.05. The van der Waals surface area contributed by atoms with Gasteiger partial charge in [-0.2, -0.15) is 0 Å². The molecule has 1 unspecified atom stereocenters. The summed E-state index contributed by atoms with van der Waals surface area (Å²) in [6, 6.07) is 0. The first-order chi connectivity index (χ1) is 6.99. The molecule has 4 nitrogen and oxygen atoms in total. The molecule has 15 heavy (non-hydrogen) atoms. The van der Waals surface area contributed by atoms with E-state index < -0.39 is 11.7 Å². The van der Waals surface area contributed by atoms with Crippen LogP contribution in [0.1, 0.15) is 39.5 Å². The number of amides is 1. The second-order valence-corrected chi connectivity index (χ2v) is 4.93. The molecule has 0 radical (unpaired) electrons. The predicted molar refractivity (Wildman–Crippen MR) is 59.6 cm³/mol. The van der Waals surface area contributed by atoms with E-state index in [9.17, 15) is 4.79 Å². The van der Waals surface area contributed by atoms with E-state index in [1.54, 1.807) is 0 Å². The maximum absolute atomic E-state index is 10.7. The third-order valence-electron chi connectivity index (χ3n) is 2.93. The van der Waals surface area contributed by atoms with Crippen molar-refractivity contribution in [3.63, 3.8) is 0 Å². The average Bonchev–Trinajstić information content (AvgIpc) is 2.15. The van der Waals surface area contributed by atoms with Crippen LogP contribution in [0.2, 0.25) is 0 Å². The molecule has 0 aromatic heterocycles. The third-order valence-corrected chi connectivity index (χ3v) is 2.93. The molecule has 1 aliphatic rings. The molecule has 1 rings (SSSR count). The summed E-state index contributed by atoms with van der Waals surface area (Å²) in [7, 11) is 0. The summed E-state index contributed by atoms with van der Waals surface area (Å²) in [5, 5.41) is 3.38. The second-order valence-electron chi connectivity index (χ2n) is 4.93. The summed E-state index contributed by atoms with van der Waals surface area (Å²) in [6.45, 7) is 6.05. The number of hydrogen-bond donors (Lipinski definition) is 2. The normalized spacial score (nSPS) is 22.4. The number of carbonyl (C=O) groups is 1. The van der Waals surface area contributed by atoms with Gasteiger partial charge in [0.05, 0.1) is 0 Å². The van der Waals surface area contributed by atoms with E-state index in [0.717, 1.165) is 31.8 Å². The zero-order chi connectivity index (χ0) is 11.3. The van der Waals surface area contributed by atoms with Gasteiger partial charge in [0.2, 0.25) is 0 Å². The molecule has 1 aliphatic heterocycles. The molecule has 1 amide bonds. The van der Waals surface area contributed by atoms with Crippen LogP contribution in [0.15, 0.2) is 0 Å². The van der Waals surface area contributed by atoms with Crippen LogP contribution in [-0.2, 0) is 4.74 Å². The van der Waals surface area contributed by atoms with Crippen LogP contribution in [0.5, 0.6) is 0 Å². The van der Waals surface area contributed by atoms with Crippen molar-refractivity contribution >= 4 is 6.09 Å². The Morgan fingerprint density at radius 1 is 1.60 bits per heavy atom. The van der Waals surface area contributed by atoms with Gasteiger partial charge < -0.3 is 15.8 Å². The Labute approximate surface area is 91.5 Å². The summed E-state index contributed by atoms with van der Waals surface area (Å²) in [4.78, 5) is 10.7. The number of piperidine rings is 1. The topological polar surface area (TPSA) is 64.3 Å². The zero-order valence-corrected chi connectivity index (χ0v) is 9.71. The van der Waals surface area contributed by atoms with E-state index in [1.807, 2.05) is 13.8 Å². The van der Waals surface area contributed by atoms with E-state index in [1.165, 1.54) is 12.8 Å². The Morgan fingerprint density at radius 2 is 2.33 bits per heavy atom. The highest BCUT2D eigenvalue weighted by Crippen LogP contribution is 2.23. The molecule has 0 saturated carbocycles. The first kappa shape index (κ1) is 12.3. The van der Waals surface area contributed by atoms with Crippen molar-refractivity contribution in [1.29, 1.82) is 0 Å². The Kier molecular flexibility index (Phi) is 4.39. The highest BCUT2D eigenvalue weighted by atomic mass is 16.6. The summed E-state index contributed by atoms with van der Waals surface area (Å²) < 4.78 is 5.05. The van der Waals surface area contributed by atoms with Crippen LogP contribution in [0.25, 0.3) is 0 Å². The lowest BCUT2D eigenvalue weighted by Crippen LogP contribution is -2.34. The van der Waals surface area contributed by atoms with E-state index in [4.69, 9.17) is 10.5 Å². The molecule has 0 spiro atoms. The maximum atomic E-state index is 10.7. The van der Waals surface area contributed by atoms with Gasteiger partial charge in [0.15, 0.2) is 0 Å². The first-order valence-electron chi connectivity index (χ1n) is 5.69. The third kappa shape index (κ3) is 5.02. The van der Waals surface area contributed by atoms with E-state index in [-0.39, 0.29) is 0 Å². The highest BCUT2D eigenvalue weighted by Gasteiger charge is 2.23. The molecule has 1 heterocycles. The molecule has 1 fully saturated rings. The largest absolute Gasteiger partial charge is 0.444 e. The lowest BCUT2D eigenvalue weighted by Gasteiger charge is -2.28.